The average molecular weight is 988 g/mol. The highest BCUT2D eigenvalue weighted by Gasteiger charge is 2.31. The van der Waals surface area contributed by atoms with Crippen molar-refractivity contribution in [2.24, 2.45) is 17.3 Å². The summed E-state index contributed by atoms with van der Waals surface area (Å²) in [6, 6.07) is 0.472. The largest absolute Gasteiger partial charge is 0.466 e. The minimum atomic E-state index is -0.0784. The SMILES string of the molecule is C.C.CCCCCC(CCCCC)CCCOC(=O)CCCCCCCN1C[C@@H](OC(=O)CCN(C)C)C[C@H]1C.CCCCCC(CCCCC)CCCOCOCC(C)(C)CCCCCCOO. The van der Waals surface area contributed by atoms with Gasteiger partial charge in [0.1, 0.15) is 12.9 Å². The van der Waals surface area contributed by atoms with E-state index in [4.69, 9.17) is 24.2 Å². The Hall–Kier alpha value is -1.30. The standard InChI is InChI=1S/C32H62N2O4.C25H52O4.2CH4/c1-6-8-13-18-29(19-14-9-7-2)20-17-25-37-31(35)21-15-11-10-12-16-23-34-27-30(26-28(34)3)38-32(36)22-24-33(4)5;1-5-7-11-16-24(17-12-8-6-2)18-15-20-27-23-28-22-25(3,4)19-13-9-10-14-21-29-26;;/h28-30H,6-27H2,1-5H3;24,26H,5-23H2,1-4H3;2*1H4/t28-,30+;;;/m1.../s1. The first-order valence-corrected chi connectivity index (χ1v) is 28.6. The van der Waals surface area contributed by atoms with Crippen LogP contribution in [0.4, 0.5) is 0 Å². The predicted molar refractivity (Wildman–Crippen MR) is 295 cm³/mol. The number of hydrogen-bond acceptors (Lipinski definition) is 10. The quantitative estimate of drug-likeness (QED) is 0.0208. The van der Waals surface area contributed by atoms with E-state index in [0.29, 0.717) is 38.9 Å². The van der Waals surface area contributed by atoms with Gasteiger partial charge in [-0.1, -0.05) is 198 Å². The molecule has 0 spiro atoms. The number of hydrogen-bond donors (Lipinski definition) is 1. The van der Waals surface area contributed by atoms with Crippen LogP contribution in [0.1, 0.15) is 275 Å². The van der Waals surface area contributed by atoms with Gasteiger partial charge in [-0.2, -0.15) is 0 Å². The Balaban J connectivity index is -0.00000127. The molecule has 1 N–H and O–H groups in total. The molecule has 0 bridgehead atoms. The number of unbranched alkanes of at least 4 members (excludes halogenated alkanes) is 15. The van der Waals surface area contributed by atoms with Crippen molar-refractivity contribution in [3.63, 3.8) is 0 Å². The minimum Gasteiger partial charge on any atom is -0.466 e. The molecule has 0 amide bonds. The summed E-state index contributed by atoms with van der Waals surface area (Å²) < 4.78 is 22.7. The van der Waals surface area contributed by atoms with E-state index < -0.39 is 0 Å². The molecule has 416 valence electrons. The van der Waals surface area contributed by atoms with Crippen molar-refractivity contribution >= 4 is 11.9 Å². The summed E-state index contributed by atoms with van der Waals surface area (Å²) in [6.07, 6.45) is 39.4. The summed E-state index contributed by atoms with van der Waals surface area (Å²) >= 11 is 0. The van der Waals surface area contributed by atoms with Crippen molar-refractivity contribution in [1.29, 1.82) is 0 Å². The van der Waals surface area contributed by atoms with Gasteiger partial charge in [0.05, 0.1) is 26.2 Å². The van der Waals surface area contributed by atoms with Gasteiger partial charge in [0, 0.05) is 38.6 Å². The third-order valence-electron chi connectivity index (χ3n) is 13.8. The van der Waals surface area contributed by atoms with Crippen molar-refractivity contribution in [1.82, 2.24) is 9.80 Å². The number of likely N-dealkylation sites (tertiary alicyclic amines) is 1. The number of rotatable bonds is 47. The molecule has 0 aromatic heterocycles. The average Bonchev–Trinajstić information content (AvgIpc) is 3.64. The Morgan fingerprint density at radius 3 is 1.67 bits per heavy atom. The third kappa shape index (κ3) is 47.5. The van der Waals surface area contributed by atoms with Crippen molar-refractivity contribution in [2.45, 2.75) is 287 Å². The molecule has 69 heavy (non-hydrogen) atoms. The van der Waals surface area contributed by atoms with Gasteiger partial charge in [-0.3, -0.25) is 19.7 Å². The number of nitrogens with zero attached hydrogens (tertiary/aromatic N) is 2. The van der Waals surface area contributed by atoms with E-state index >= 15 is 0 Å². The number of ether oxygens (including phenoxy) is 4. The van der Waals surface area contributed by atoms with Crippen LogP contribution in [0.3, 0.4) is 0 Å². The lowest BCUT2D eigenvalue weighted by Gasteiger charge is -2.24. The Labute approximate surface area is 430 Å². The molecule has 1 saturated heterocycles. The molecular formula is C59H122N2O8. The summed E-state index contributed by atoms with van der Waals surface area (Å²) in [5, 5.41) is 8.31. The van der Waals surface area contributed by atoms with Crippen molar-refractivity contribution in [2.75, 3.05) is 67.0 Å². The molecule has 1 rings (SSSR count). The highest BCUT2D eigenvalue weighted by Crippen LogP contribution is 2.26. The fourth-order valence-electron chi connectivity index (χ4n) is 9.45. The molecule has 1 fully saturated rings. The molecule has 0 aromatic carbocycles. The van der Waals surface area contributed by atoms with Crippen LogP contribution in [0, 0.1) is 17.3 Å². The lowest BCUT2D eigenvalue weighted by Crippen LogP contribution is -2.29. The first-order chi connectivity index (χ1) is 32.4. The topological polar surface area (TPSA) is 107 Å². The van der Waals surface area contributed by atoms with E-state index in [9.17, 15) is 9.59 Å². The highest BCUT2D eigenvalue weighted by atomic mass is 17.1. The maximum atomic E-state index is 12.1. The number of carbonyl (C=O) groups is 2. The van der Waals surface area contributed by atoms with Crippen LogP contribution in [-0.4, -0.2) is 106 Å². The molecule has 0 saturated carbocycles. The van der Waals surface area contributed by atoms with E-state index in [-0.39, 0.29) is 38.3 Å². The first-order valence-electron chi connectivity index (χ1n) is 28.6. The van der Waals surface area contributed by atoms with Gasteiger partial charge in [-0.15, -0.1) is 0 Å². The van der Waals surface area contributed by atoms with Crippen molar-refractivity contribution in [3.05, 3.63) is 0 Å². The van der Waals surface area contributed by atoms with Gasteiger partial charge in [0.25, 0.3) is 0 Å². The molecule has 10 nitrogen and oxygen atoms in total. The summed E-state index contributed by atoms with van der Waals surface area (Å²) in [5.74, 6) is 1.60. The Morgan fingerprint density at radius 1 is 0.609 bits per heavy atom. The van der Waals surface area contributed by atoms with Gasteiger partial charge in [-0.25, -0.2) is 4.89 Å². The van der Waals surface area contributed by atoms with Crippen LogP contribution in [-0.2, 0) is 33.4 Å². The van der Waals surface area contributed by atoms with E-state index in [1.165, 1.54) is 135 Å². The number of esters is 2. The highest BCUT2D eigenvalue weighted by molar-refractivity contribution is 5.70. The molecule has 2 atom stereocenters. The predicted octanol–water partition coefficient (Wildman–Crippen LogP) is 16.7. The third-order valence-corrected chi connectivity index (χ3v) is 13.8. The molecule has 1 aliphatic heterocycles. The number of carbonyl (C=O) groups excluding carboxylic acids is 2. The summed E-state index contributed by atoms with van der Waals surface area (Å²) in [5.41, 5.74) is 0.195. The van der Waals surface area contributed by atoms with Crippen LogP contribution in [0.15, 0.2) is 0 Å². The Bertz CT molecular complexity index is 1060. The lowest BCUT2D eigenvalue weighted by atomic mass is 9.88. The molecule has 0 aromatic rings. The first kappa shape index (κ1) is 72.0. The van der Waals surface area contributed by atoms with Crippen LogP contribution in [0.5, 0.6) is 0 Å². The molecule has 0 aliphatic carbocycles. The molecule has 1 heterocycles. The molecule has 0 radical (unpaired) electrons. The van der Waals surface area contributed by atoms with E-state index in [1.807, 2.05) is 19.0 Å². The van der Waals surface area contributed by atoms with Gasteiger partial charge in [0.2, 0.25) is 0 Å². The van der Waals surface area contributed by atoms with Crippen molar-refractivity contribution < 1.29 is 38.7 Å². The fraction of sp³-hybridized carbons (Fsp3) is 0.966. The second-order valence-electron chi connectivity index (χ2n) is 21.5. The normalized spacial score (nSPS) is 15.0. The Kier molecular flexibility index (Phi) is 53.8. The van der Waals surface area contributed by atoms with Gasteiger partial charge in [-0.05, 0) is 96.2 Å². The smallest absolute Gasteiger partial charge is 0.307 e. The van der Waals surface area contributed by atoms with E-state index in [1.54, 1.807) is 0 Å². The van der Waals surface area contributed by atoms with Crippen molar-refractivity contribution in [3.8, 4) is 0 Å². The van der Waals surface area contributed by atoms with Crippen LogP contribution < -0.4 is 0 Å². The fourth-order valence-corrected chi connectivity index (χ4v) is 9.45. The zero-order chi connectivity index (χ0) is 49.6. The maximum absolute atomic E-state index is 12.1. The maximum Gasteiger partial charge on any atom is 0.307 e. The van der Waals surface area contributed by atoms with E-state index in [2.05, 4.69) is 58.3 Å². The second kappa shape index (κ2) is 51.6. The van der Waals surface area contributed by atoms with E-state index in [0.717, 1.165) is 109 Å². The van der Waals surface area contributed by atoms with Gasteiger partial charge >= 0.3 is 11.9 Å². The summed E-state index contributed by atoms with van der Waals surface area (Å²) in [6.45, 7) is 21.6. The molecule has 10 heteroatoms. The van der Waals surface area contributed by atoms with Crippen LogP contribution in [0.2, 0.25) is 0 Å². The monoisotopic (exact) mass is 987 g/mol. The van der Waals surface area contributed by atoms with Gasteiger partial charge < -0.3 is 23.8 Å². The summed E-state index contributed by atoms with van der Waals surface area (Å²) in [7, 11) is 3.94. The second-order valence-corrected chi connectivity index (χ2v) is 21.5. The Morgan fingerprint density at radius 2 is 1.12 bits per heavy atom. The summed E-state index contributed by atoms with van der Waals surface area (Å²) in [4.78, 5) is 32.7. The minimum absolute atomic E-state index is 0. The van der Waals surface area contributed by atoms with Crippen LogP contribution in [0.25, 0.3) is 0 Å². The van der Waals surface area contributed by atoms with Crippen LogP contribution >= 0.6 is 0 Å². The van der Waals surface area contributed by atoms with Gasteiger partial charge in [0.15, 0.2) is 0 Å². The zero-order valence-corrected chi connectivity index (χ0v) is 46.0. The molecule has 1 aliphatic rings. The molecular weight excluding hydrogens is 865 g/mol. The zero-order valence-electron chi connectivity index (χ0n) is 46.0. The lowest BCUT2D eigenvalue weighted by molar-refractivity contribution is -0.242. The molecule has 0 unspecified atom stereocenters.